The summed E-state index contributed by atoms with van der Waals surface area (Å²) in [5.74, 6) is -0.189. The molecule has 0 fully saturated rings. The molecule has 0 amide bonds. The quantitative estimate of drug-likeness (QED) is 0.589. The Morgan fingerprint density at radius 2 is 2.06 bits per heavy atom. The van der Waals surface area contributed by atoms with E-state index in [0.29, 0.717) is 6.42 Å². The number of aldehydes is 1. The van der Waals surface area contributed by atoms with Gasteiger partial charge in [-0.05, 0) is 42.7 Å². The minimum absolute atomic E-state index is 0.189. The van der Waals surface area contributed by atoms with Gasteiger partial charge in [0.25, 0.3) is 0 Å². The van der Waals surface area contributed by atoms with Crippen LogP contribution >= 0.6 is 0 Å². The predicted octanol–water partition coefficient (Wildman–Crippen LogP) is 2.89. The van der Waals surface area contributed by atoms with Crippen LogP contribution in [0, 0.1) is 5.82 Å². The van der Waals surface area contributed by atoms with Crippen LogP contribution < -0.4 is 0 Å². The zero-order chi connectivity index (χ0) is 12.8. The highest BCUT2D eigenvalue weighted by Crippen LogP contribution is 2.22. The molecule has 1 aliphatic rings. The number of nitrogens with zero attached hydrogens (tertiary/aromatic N) is 1. The van der Waals surface area contributed by atoms with Crippen LogP contribution in [0.3, 0.4) is 0 Å². The van der Waals surface area contributed by atoms with E-state index in [4.69, 9.17) is 0 Å². The normalized spacial score (nSPS) is 16.4. The Bertz CT molecular complexity index is 425. The second-order valence-electron chi connectivity index (χ2n) is 4.60. The Kier molecular flexibility index (Phi) is 4.65. The van der Waals surface area contributed by atoms with Crippen molar-refractivity contribution in [2.45, 2.75) is 19.3 Å². The highest BCUT2D eigenvalue weighted by atomic mass is 19.1. The SMILES string of the molecule is O=CCCCN1CC=C(c2ccc(F)cc2)CC1. The summed E-state index contributed by atoms with van der Waals surface area (Å²) in [6.07, 6.45) is 5.75. The van der Waals surface area contributed by atoms with Gasteiger partial charge in [0.15, 0.2) is 0 Å². The summed E-state index contributed by atoms with van der Waals surface area (Å²) in [6, 6.07) is 6.69. The van der Waals surface area contributed by atoms with Crippen LogP contribution in [0.1, 0.15) is 24.8 Å². The fourth-order valence-corrected chi connectivity index (χ4v) is 2.24. The largest absolute Gasteiger partial charge is 0.303 e. The lowest BCUT2D eigenvalue weighted by Crippen LogP contribution is -2.29. The summed E-state index contributed by atoms with van der Waals surface area (Å²) in [4.78, 5) is 12.6. The second-order valence-corrected chi connectivity index (χ2v) is 4.60. The minimum Gasteiger partial charge on any atom is -0.303 e. The third-order valence-electron chi connectivity index (χ3n) is 3.30. The van der Waals surface area contributed by atoms with Crippen LogP contribution in [0.15, 0.2) is 30.3 Å². The average molecular weight is 247 g/mol. The molecule has 0 aromatic heterocycles. The van der Waals surface area contributed by atoms with E-state index >= 15 is 0 Å². The molecule has 0 saturated carbocycles. The molecule has 1 aromatic rings. The summed E-state index contributed by atoms with van der Waals surface area (Å²) < 4.78 is 12.8. The smallest absolute Gasteiger partial charge is 0.123 e. The number of carbonyl (C=O) groups excluding carboxylic acids is 1. The molecular weight excluding hydrogens is 229 g/mol. The number of unbranched alkanes of at least 4 members (excludes halogenated alkanes) is 1. The van der Waals surface area contributed by atoms with Crippen LogP contribution in [-0.2, 0) is 4.79 Å². The fourth-order valence-electron chi connectivity index (χ4n) is 2.24. The lowest BCUT2D eigenvalue weighted by molar-refractivity contribution is -0.108. The molecule has 1 aromatic carbocycles. The van der Waals surface area contributed by atoms with E-state index in [9.17, 15) is 9.18 Å². The molecule has 0 atom stereocenters. The first-order valence-corrected chi connectivity index (χ1v) is 6.40. The maximum atomic E-state index is 12.8. The van der Waals surface area contributed by atoms with Crippen molar-refractivity contribution in [1.29, 1.82) is 0 Å². The van der Waals surface area contributed by atoms with Gasteiger partial charge in [-0.15, -0.1) is 0 Å². The van der Waals surface area contributed by atoms with Crippen molar-refractivity contribution < 1.29 is 9.18 Å². The fraction of sp³-hybridized carbons (Fsp3) is 0.400. The van der Waals surface area contributed by atoms with Crippen molar-refractivity contribution in [1.82, 2.24) is 4.90 Å². The third kappa shape index (κ3) is 3.50. The van der Waals surface area contributed by atoms with Gasteiger partial charge in [0.1, 0.15) is 12.1 Å². The number of hydrogen-bond donors (Lipinski definition) is 0. The molecule has 0 bridgehead atoms. The van der Waals surface area contributed by atoms with E-state index < -0.39 is 0 Å². The lowest BCUT2D eigenvalue weighted by atomic mass is 9.99. The molecule has 0 aliphatic carbocycles. The van der Waals surface area contributed by atoms with Gasteiger partial charge >= 0.3 is 0 Å². The molecular formula is C15H18FNO. The number of halogens is 1. The second kappa shape index (κ2) is 6.45. The topological polar surface area (TPSA) is 20.3 Å². The summed E-state index contributed by atoms with van der Waals surface area (Å²) in [5, 5.41) is 0. The molecule has 0 N–H and O–H groups in total. The Morgan fingerprint density at radius 3 is 2.67 bits per heavy atom. The Morgan fingerprint density at radius 1 is 1.28 bits per heavy atom. The highest BCUT2D eigenvalue weighted by molar-refractivity contribution is 5.66. The molecule has 96 valence electrons. The molecule has 0 radical (unpaired) electrons. The van der Waals surface area contributed by atoms with Gasteiger partial charge < -0.3 is 4.79 Å². The highest BCUT2D eigenvalue weighted by Gasteiger charge is 2.12. The number of rotatable bonds is 5. The van der Waals surface area contributed by atoms with Crippen LogP contribution in [-0.4, -0.2) is 30.8 Å². The van der Waals surface area contributed by atoms with Gasteiger partial charge in [0.2, 0.25) is 0 Å². The molecule has 18 heavy (non-hydrogen) atoms. The summed E-state index contributed by atoms with van der Waals surface area (Å²) in [7, 11) is 0. The van der Waals surface area contributed by atoms with Crippen LogP contribution in [0.25, 0.3) is 5.57 Å². The van der Waals surface area contributed by atoms with Gasteiger partial charge in [-0.25, -0.2) is 4.39 Å². The number of hydrogen-bond acceptors (Lipinski definition) is 2. The first kappa shape index (κ1) is 13.0. The standard InChI is InChI=1S/C15H18FNO/c16-15-5-3-13(4-6-15)14-7-10-17(11-8-14)9-1-2-12-18/h3-7,12H,1-2,8-11H2. The van der Waals surface area contributed by atoms with Crippen molar-refractivity contribution in [2.75, 3.05) is 19.6 Å². The van der Waals surface area contributed by atoms with Crippen LogP contribution in [0.5, 0.6) is 0 Å². The van der Waals surface area contributed by atoms with Gasteiger partial charge in [0.05, 0.1) is 0 Å². The molecule has 1 heterocycles. The average Bonchev–Trinajstić information content (AvgIpc) is 2.41. The Labute approximate surface area is 107 Å². The van der Waals surface area contributed by atoms with Crippen molar-refractivity contribution in [3.63, 3.8) is 0 Å². The zero-order valence-electron chi connectivity index (χ0n) is 10.4. The molecule has 0 spiro atoms. The molecule has 0 saturated heterocycles. The van der Waals surface area contributed by atoms with E-state index in [1.165, 1.54) is 17.7 Å². The third-order valence-corrected chi connectivity index (χ3v) is 3.30. The zero-order valence-corrected chi connectivity index (χ0v) is 10.4. The maximum Gasteiger partial charge on any atom is 0.123 e. The molecule has 2 nitrogen and oxygen atoms in total. The van der Waals surface area contributed by atoms with Gasteiger partial charge in [-0.1, -0.05) is 18.2 Å². The minimum atomic E-state index is -0.189. The number of benzene rings is 1. The maximum absolute atomic E-state index is 12.8. The molecule has 0 unspecified atom stereocenters. The lowest BCUT2D eigenvalue weighted by Gasteiger charge is -2.26. The summed E-state index contributed by atoms with van der Waals surface area (Å²) in [6.45, 7) is 2.92. The van der Waals surface area contributed by atoms with Crippen LogP contribution in [0.4, 0.5) is 4.39 Å². The summed E-state index contributed by atoms with van der Waals surface area (Å²) in [5.41, 5.74) is 2.41. The van der Waals surface area contributed by atoms with E-state index in [0.717, 1.165) is 44.3 Å². The molecule has 3 heteroatoms. The van der Waals surface area contributed by atoms with E-state index in [1.807, 2.05) is 12.1 Å². The predicted molar refractivity (Wildman–Crippen MR) is 70.7 cm³/mol. The van der Waals surface area contributed by atoms with Crippen LogP contribution in [0.2, 0.25) is 0 Å². The van der Waals surface area contributed by atoms with E-state index in [1.54, 1.807) is 0 Å². The Balaban J connectivity index is 1.90. The van der Waals surface area contributed by atoms with Crippen molar-refractivity contribution >= 4 is 11.9 Å². The molecule has 1 aliphatic heterocycles. The summed E-state index contributed by atoms with van der Waals surface area (Å²) >= 11 is 0. The monoisotopic (exact) mass is 247 g/mol. The van der Waals surface area contributed by atoms with Gasteiger partial charge in [0, 0.05) is 19.5 Å². The Hall–Kier alpha value is -1.48. The van der Waals surface area contributed by atoms with E-state index in [2.05, 4.69) is 11.0 Å². The van der Waals surface area contributed by atoms with Gasteiger partial charge in [-0.3, -0.25) is 4.90 Å². The van der Waals surface area contributed by atoms with Gasteiger partial charge in [-0.2, -0.15) is 0 Å². The molecule has 2 rings (SSSR count). The first-order chi connectivity index (χ1) is 8.79. The van der Waals surface area contributed by atoms with E-state index in [-0.39, 0.29) is 5.82 Å². The number of carbonyl (C=O) groups is 1. The van der Waals surface area contributed by atoms with Crippen molar-refractivity contribution in [3.8, 4) is 0 Å². The van der Waals surface area contributed by atoms with Crippen molar-refractivity contribution in [3.05, 3.63) is 41.7 Å². The first-order valence-electron chi connectivity index (χ1n) is 6.40. The van der Waals surface area contributed by atoms with Crippen molar-refractivity contribution in [2.24, 2.45) is 0 Å².